The number of hydrogen-bond acceptors (Lipinski definition) is 2. The first-order chi connectivity index (χ1) is 13.6. The topological polar surface area (TPSA) is 52.0 Å². The minimum absolute atomic E-state index is 0.711. The van der Waals surface area contributed by atoms with E-state index >= 15 is 0 Å². The van der Waals surface area contributed by atoms with E-state index in [2.05, 4.69) is 55.5 Å². The quantitative estimate of drug-likeness (QED) is 0.522. The Hall–Kier alpha value is -2.74. The number of rotatable bonds is 4. The largest absolute Gasteiger partial charge is 0.399 e. The van der Waals surface area contributed by atoms with Gasteiger partial charge in [-0.05, 0) is 71.0 Å². The van der Waals surface area contributed by atoms with Crippen LogP contribution in [0.5, 0.6) is 0 Å². The van der Waals surface area contributed by atoms with E-state index in [1.165, 1.54) is 47.9 Å². The predicted octanol–water partition coefficient (Wildman–Crippen LogP) is 6.40. The molecule has 1 aliphatic rings. The summed E-state index contributed by atoms with van der Waals surface area (Å²) in [7, 11) is 0. The summed E-state index contributed by atoms with van der Waals surface area (Å²) >= 11 is 0. The zero-order valence-corrected chi connectivity index (χ0v) is 16.7. The molecule has 0 heterocycles. The van der Waals surface area contributed by atoms with Crippen LogP contribution in [0.25, 0.3) is 11.1 Å². The molecule has 0 aliphatic heterocycles. The summed E-state index contributed by atoms with van der Waals surface area (Å²) in [6.07, 6.45) is 6.23. The molecule has 4 rings (SSSR count). The van der Waals surface area contributed by atoms with Gasteiger partial charge in [-0.15, -0.1) is 0 Å². The molecule has 1 saturated carbocycles. The molecule has 0 spiro atoms. The Morgan fingerprint density at radius 3 is 1.96 bits per heavy atom. The van der Waals surface area contributed by atoms with E-state index in [4.69, 9.17) is 11.5 Å². The lowest BCUT2D eigenvalue weighted by Crippen LogP contribution is -2.10. The second kappa shape index (κ2) is 8.10. The molecule has 0 aromatic heterocycles. The number of nitrogen functional groups attached to an aromatic ring is 2. The normalized spacial score (nSPS) is 19.5. The third kappa shape index (κ3) is 4.22. The van der Waals surface area contributed by atoms with Gasteiger partial charge in [0.25, 0.3) is 0 Å². The monoisotopic (exact) mass is 370 g/mol. The lowest BCUT2D eigenvalue weighted by molar-refractivity contribution is 0.348. The first kappa shape index (κ1) is 18.6. The van der Waals surface area contributed by atoms with Crippen LogP contribution in [-0.4, -0.2) is 0 Å². The number of nitrogens with two attached hydrogens (primary N) is 2. The van der Waals surface area contributed by atoms with Gasteiger partial charge in [0.05, 0.1) is 0 Å². The summed E-state index contributed by atoms with van der Waals surface area (Å²) < 4.78 is 0. The fourth-order valence-electron chi connectivity index (χ4n) is 4.35. The van der Waals surface area contributed by atoms with Crippen molar-refractivity contribution in [3.63, 3.8) is 0 Å². The van der Waals surface area contributed by atoms with Crippen LogP contribution in [0.4, 0.5) is 11.4 Å². The van der Waals surface area contributed by atoms with Crippen molar-refractivity contribution in [2.24, 2.45) is 5.92 Å². The lowest BCUT2D eigenvalue weighted by atomic mass is 9.79. The molecular formula is C26H30N2. The van der Waals surface area contributed by atoms with Crippen molar-refractivity contribution in [2.45, 2.75) is 44.9 Å². The Kier molecular flexibility index (Phi) is 5.38. The van der Waals surface area contributed by atoms with Gasteiger partial charge in [-0.1, -0.05) is 74.4 Å². The first-order valence-electron chi connectivity index (χ1n) is 10.4. The highest BCUT2D eigenvalue weighted by atomic mass is 14.6. The maximum atomic E-state index is 6.09. The van der Waals surface area contributed by atoms with Crippen molar-refractivity contribution >= 4 is 11.4 Å². The Morgan fingerprint density at radius 1 is 0.750 bits per heavy atom. The Balaban J connectivity index is 1.45. The molecule has 1 fully saturated rings. The molecule has 4 N–H and O–H groups in total. The van der Waals surface area contributed by atoms with Gasteiger partial charge >= 0.3 is 0 Å². The van der Waals surface area contributed by atoms with E-state index in [0.717, 1.165) is 29.5 Å². The van der Waals surface area contributed by atoms with Crippen molar-refractivity contribution in [3.8, 4) is 11.1 Å². The van der Waals surface area contributed by atoms with Gasteiger partial charge in [-0.2, -0.15) is 0 Å². The minimum atomic E-state index is 0.711. The zero-order chi connectivity index (χ0) is 19.5. The van der Waals surface area contributed by atoms with Crippen LogP contribution in [0.15, 0.2) is 66.7 Å². The second-order valence-corrected chi connectivity index (χ2v) is 8.41. The van der Waals surface area contributed by atoms with E-state index in [9.17, 15) is 0 Å². The summed E-state index contributed by atoms with van der Waals surface area (Å²) in [6.45, 7) is 2.38. The van der Waals surface area contributed by atoms with Crippen LogP contribution < -0.4 is 11.5 Å². The van der Waals surface area contributed by atoms with Gasteiger partial charge in [0.2, 0.25) is 0 Å². The molecule has 2 nitrogen and oxygen atoms in total. The van der Waals surface area contributed by atoms with Crippen LogP contribution in [0, 0.1) is 5.92 Å². The highest BCUT2D eigenvalue weighted by Crippen LogP contribution is 2.36. The summed E-state index contributed by atoms with van der Waals surface area (Å²) in [5.41, 5.74) is 19.8. The van der Waals surface area contributed by atoms with Crippen molar-refractivity contribution in [2.75, 3.05) is 11.5 Å². The van der Waals surface area contributed by atoms with Crippen LogP contribution in [0.2, 0.25) is 0 Å². The van der Waals surface area contributed by atoms with E-state index < -0.39 is 0 Å². The molecule has 3 aromatic carbocycles. The maximum Gasteiger partial charge on any atom is 0.0370 e. The average molecular weight is 371 g/mol. The summed E-state index contributed by atoms with van der Waals surface area (Å²) in [4.78, 5) is 0. The van der Waals surface area contributed by atoms with Gasteiger partial charge < -0.3 is 11.5 Å². The van der Waals surface area contributed by atoms with Gasteiger partial charge in [0.15, 0.2) is 0 Å². The van der Waals surface area contributed by atoms with Crippen LogP contribution in [-0.2, 0) is 6.42 Å². The molecular weight excluding hydrogens is 340 g/mol. The number of benzene rings is 3. The summed E-state index contributed by atoms with van der Waals surface area (Å²) in [5.74, 6) is 1.65. The Morgan fingerprint density at radius 2 is 1.36 bits per heavy atom. The predicted molar refractivity (Wildman–Crippen MR) is 120 cm³/mol. The van der Waals surface area contributed by atoms with Crippen LogP contribution >= 0.6 is 0 Å². The SMILES string of the molecule is CC1CCC(c2ccc(-c3ccc(Cc4ccc(N)cc4N)cc3)cc2)CC1. The third-order valence-electron chi connectivity index (χ3n) is 6.25. The van der Waals surface area contributed by atoms with Gasteiger partial charge in [-0.25, -0.2) is 0 Å². The molecule has 144 valence electrons. The fraction of sp³-hybridized carbons (Fsp3) is 0.308. The van der Waals surface area contributed by atoms with Crippen molar-refractivity contribution in [1.29, 1.82) is 0 Å². The van der Waals surface area contributed by atoms with E-state index in [1.54, 1.807) is 0 Å². The van der Waals surface area contributed by atoms with Gasteiger partial charge in [0.1, 0.15) is 0 Å². The molecule has 1 aliphatic carbocycles. The Bertz CT molecular complexity index is 918. The molecule has 0 atom stereocenters. The zero-order valence-electron chi connectivity index (χ0n) is 16.7. The van der Waals surface area contributed by atoms with E-state index in [1.807, 2.05) is 18.2 Å². The highest BCUT2D eigenvalue weighted by Gasteiger charge is 2.19. The molecule has 28 heavy (non-hydrogen) atoms. The molecule has 0 radical (unpaired) electrons. The van der Waals surface area contributed by atoms with Crippen molar-refractivity contribution in [3.05, 3.63) is 83.4 Å². The van der Waals surface area contributed by atoms with E-state index in [-0.39, 0.29) is 0 Å². The summed E-state index contributed by atoms with van der Waals surface area (Å²) in [6, 6.07) is 23.8. The number of hydrogen-bond donors (Lipinski definition) is 2. The lowest BCUT2D eigenvalue weighted by Gasteiger charge is -2.26. The molecule has 0 bridgehead atoms. The number of anilines is 2. The average Bonchev–Trinajstić information content (AvgIpc) is 2.71. The first-order valence-corrected chi connectivity index (χ1v) is 10.4. The maximum absolute atomic E-state index is 6.09. The standard InChI is InChI=1S/C26H30N2/c1-18-2-6-20(7-3-18)22-10-12-23(13-11-22)21-8-4-19(5-9-21)16-24-14-15-25(27)17-26(24)28/h4-5,8-15,17-18,20H,2-3,6-7,16,27-28H2,1H3. The fourth-order valence-corrected chi connectivity index (χ4v) is 4.35. The molecule has 0 amide bonds. The molecule has 3 aromatic rings. The summed E-state index contributed by atoms with van der Waals surface area (Å²) in [5, 5.41) is 0. The Labute approximate surface area is 168 Å². The van der Waals surface area contributed by atoms with Gasteiger partial charge in [0, 0.05) is 11.4 Å². The van der Waals surface area contributed by atoms with Crippen molar-refractivity contribution < 1.29 is 0 Å². The molecule has 0 unspecified atom stereocenters. The molecule has 2 heteroatoms. The van der Waals surface area contributed by atoms with Crippen LogP contribution in [0.1, 0.15) is 55.2 Å². The minimum Gasteiger partial charge on any atom is -0.399 e. The molecule has 0 saturated heterocycles. The van der Waals surface area contributed by atoms with Gasteiger partial charge in [-0.3, -0.25) is 0 Å². The third-order valence-corrected chi connectivity index (χ3v) is 6.25. The second-order valence-electron chi connectivity index (χ2n) is 8.41. The van der Waals surface area contributed by atoms with Crippen molar-refractivity contribution in [1.82, 2.24) is 0 Å². The van der Waals surface area contributed by atoms with Crippen LogP contribution in [0.3, 0.4) is 0 Å². The highest BCUT2D eigenvalue weighted by molar-refractivity contribution is 5.64. The van der Waals surface area contributed by atoms with E-state index in [0.29, 0.717) is 5.69 Å². The smallest absolute Gasteiger partial charge is 0.0370 e.